The molecule has 0 radical (unpaired) electrons. The highest BCUT2D eigenvalue weighted by atomic mass is 19.4. The lowest BCUT2D eigenvalue weighted by atomic mass is 10.0. The number of carbonyl (C=O) groups excluding carboxylic acids is 1. The molecule has 0 bridgehead atoms. The van der Waals surface area contributed by atoms with E-state index in [0.29, 0.717) is 30.1 Å². The van der Waals surface area contributed by atoms with Gasteiger partial charge in [-0.05, 0) is 48.9 Å². The van der Waals surface area contributed by atoms with Gasteiger partial charge in [0.2, 0.25) is 0 Å². The zero-order chi connectivity index (χ0) is 23.3. The highest BCUT2D eigenvalue weighted by molar-refractivity contribution is 6.07. The van der Waals surface area contributed by atoms with E-state index >= 15 is 0 Å². The van der Waals surface area contributed by atoms with Crippen molar-refractivity contribution >= 4 is 22.6 Å². The normalized spacial score (nSPS) is 14.2. The van der Waals surface area contributed by atoms with Gasteiger partial charge in [0.25, 0.3) is 5.91 Å². The minimum absolute atomic E-state index is 0.170. The largest absolute Gasteiger partial charge is 0.488 e. The molecule has 0 unspecified atom stereocenters. The van der Waals surface area contributed by atoms with Gasteiger partial charge in [0.1, 0.15) is 12.3 Å². The monoisotopic (exact) mass is 453 g/mol. The molecule has 1 amide bonds. The number of amides is 1. The fourth-order valence-electron chi connectivity index (χ4n) is 3.87. The van der Waals surface area contributed by atoms with E-state index in [1.807, 2.05) is 25.1 Å². The maximum atomic E-state index is 13.1. The molecule has 0 saturated heterocycles. The number of hydrogen-bond donors (Lipinski definition) is 0. The number of carbonyl (C=O) groups is 1. The van der Waals surface area contributed by atoms with Gasteiger partial charge in [0.15, 0.2) is 11.4 Å². The molecule has 7 nitrogen and oxygen atoms in total. The van der Waals surface area contributed by atoms with Crippen LogP contribution in [0.25, 0.3) is 22.3 Å². The summed E-state index contributed by atoms with van der Waals surface area (Å²) in [6.45, 7) is 2.60. The summed E-state index contributed by atoms with van der Waals surface area (Å²) in [5, 5.41) is 4.23. The summed E-state index contributed by atoms with van der Waals surface area (Å²) >= 11 is 0. The first-order chi connectivity index (χ1) is 15.7. The van der Waals surface area contributed by atoms with Crippen LogP contribution < -0.4 is 9.64 Å². The van der Waals surface area contributed by atoms with Gasteiger partial charge in [0.05, 0.1) is 29.5 Å². The van der Waals surface area contributed by atoms with Crippen LogP contribution in [0.4, 0.5) is 18.9 Å². The third-order valence-corrected chi connectivity index (χ3v) is 5.43. The zero-order valence-corrected chi connectivity index (χ0v) is 17.7. The van der Waals surface area contributed by atoms with Gasteiger partial charge in [-0.25, -0.2) is 9.97 Å². The molecule has 0 aliphatic carbocycles. The van der Waals surface area contributed by atoms with Crippen LogP contribution in [-0.2, 0) is 13.2 Å². The number of aromatic nitrogens is 4. The first-order valence-electron chi connectivity index (χ1n) is 10.1. The molecule has 33 heavy (non-hydrogen) atoms. The number of nitrogens with zero attached hydrogens (tertiary/aromatic N) is 5. The van der Waals surface area contributed by atoms with E-state index in [1.165, 1.54) is 12.1 Å². The standard InChI is InChI=1S/C23H18F3N5O2/c1-13-11-14(15-4-5-17-16(27-15)6-8-20(28-17)23(24,25)26)3-7-18(13)31-9-10-33-19-12-30(2)29-21(19)22(31)32/h3-8,11-12H,9-10H2,1-2H3. The van der Waals surface area contributed by atoms with E-state index in [1.54, 1.807) is 28.9 Å². The number of pyridine rings is 2. The van der Waals surface area contributed by atoms with E-state index in [0.717, 1.165) is 22.9 Å². The van der Waals surface area contributed by atoms with Crippen LogP contribution in [0.3, 0.4) is 0 Å². The smallest absolute Gasteiger partial charge is 0.433 e. The minimum Gasteiger partial charge on any atom is -0.488 e. The number of anilines is 1. The molecule has 4 aromatic rings. The number of alkyl halides is 3. The lowest BCUT2D eigenvalue weighted by Gasteiger charge is -2.22. The molecule has 0 fully saturated rings. The highest BCUT2D eigenvalue weighted by Gasteiger charge is 2.32. The quantitative estimate of drug-likeness (QED) is 0.450. The maximum Gasteiger partial charge on any atom is 0.433 e. The van der Waals surface area contributed by atoms with Gasteiger partial charge in [-0.15, -0.1) is 0 Å². The molecule has 1 aliphatic rings. The van der Waals surface area contributed by atoms with Crippen molar-refractivity contribution < 1.29 is 22.7 Å². The molecule has 4 heterocycles. The highest BCUT2D eigenvalue weighted by Crippen LogP contribution is 2.32. The zero-order valence-electron chi connectivity index (χ0n) is 17.7. The maximum absolute atomic E-state index is 13.1. The fourth-order valence-corrected chi connectivity index (χ4v) is 3.87. The first kappa shape index (κ1) is 20.9. The van der Waals surface area contributed by atoms with Crippen LogP contribution in [0.1, 0.15) is 21.7 Å². The average Bonchev–Trinajstić information content (AvgIpc) is 3.09. The predicted octanol–water partition coefficient (Wildman–Crippen LogP) is 4.40. The number of fused-ring (bicyclic) bond motifs is 2. The number of ether oxygens (including phenoxy) is 1. The Hall–Kier alpha value is -3.95. The molecular formula is C23H18F3N5O2. The molecule has 0 N–H and O–H groups in total. The summed E-state index contributed by atoms with van der Waals surface area (Å²) in [4.78, 5) is 22.8. The molecule has 0 spiro atoms. The van der Waals surface area contributed by atoms with Crippen molar-refractivity contribution in [3.05, 3.63) is 65.6 Å². The SMILES string of the molecule is Cc1cc(-c2ccc3nc(C(F)(F)F)ccc3n2)ccc1N1CCOc2cn(C)nc2C1=O. The van der Waals surface area contributed by atoms with Gasteiger partial charge in [-0.3, -0.25) is 9.48 Å². The van der Waals surface area contributed by atoms with E-state index < -0.39 is 11.9 Å². The lowest BCUT2D eigenvalue weighted by Crippen LogP contribution is -2.33. The lowest BCUT2D eigenvalue weighted by molar-refractivity contribution is -0.140. The molecule has 0 saturated carbocycles. The minimum atomic E-state index is -4.51. The fraction of sp³-hybridized carbons (Fsp3) is 0.217. The second-order valence-corrected chi connectivity index (χ2v) is 7.75. The first-order valence-corrected chi connectivity index (χ1v) is 10.1. The van der Waals surface area contributed by atoms with Crippen molar-refractivity contribution in [3.63, 3.8) is 0 Å². The molecule has 1 aliphatic heterocycles. The Morgan fingerprint density at radius 3 is 2.55 bits per heavy atom. The summed E-state index contributed by atoms with van der Waals surface area (Å²) in [6, 6.07) is 10.9. The van der Waals surface area contributed by atoms with Crippen LogP contribution in [0.5, 0.6) is 5.75 Å². The van der Waals surface area contributed by atoms with E-state index in [-0.39, 0.29) is 17.1 Å². The summed E-state index contributed by atoms with van der Waals surface area (Å²) in [5.41, 5.74) is 2.78. The molecule has 168 valence electrons. The van der Waals surface area contributed by atoms with Crippen molar-refractivity contribution in [2.75, 3.05) is 18.1 Å². The molecule has 3 aromatic heterocycles. The second kappa shape index (κ2) is 7.58. The summed E-state index contributed by atoms with van der Waals surface area (Å²) in [6.07, 6.45) is -2.84. The Morgan fingerprint density at radius 2 is 1.79 bits per heavy atom. The van der Waals surface area contributed by atoms with Crippen LogP contribution >= 0.6 is 0 Å². The van der Waals surface area contributed by atoms with Gasteiger partial charge in [-0.2, -0.15) is 18.3 Å². The number of benzene rings is 1. The van der Waals surface area contributed by atoms with Crippen molar-refractivity contribution in [1.82, 2.24) is 19.7 Å². The number of hydrogen-bond acceptors (Lipinski definition) is 5. The van der Waals surface area contributed by atoms with Crippen LogP contribution in [0, 0.1) is 6.92 Å². The number of rotatable bonds is 2. The molecule has 5 rings (SSSR count). The van der Waals surface area contributed by atoms with Crippen LogP contribution in [0.15, 0.2) is 48.7 Å². The Morgan fingerprint density at radius 1 is 1.03 bits per heavy atom. The molecule has 0 atom stereocenters. The van der Waals surface area contributed by atoms with Crippen molar-refractivity contribution in [2.45, 2.75) is 13.1 Å². The van der Waals surface area contributed by atoms with Crippen molar-refractivity contribution in [1.29, 1.82) is 0 Å². The summed E-state index contributed by atoms with van der Waals surface area (Å²) in [7, 11) is 1.73. The summed E-state index contributed by atoms with van der Waals surface area (Å²) < 4.78 is 45.9. The topological polar surface area (TPSA) is 73.1 Å². The van der Waals surface area contributed by atoms with Crippen LogP contribution in [-0.4, -0.2) is 38.8 Å². The average molecular weight is 453 g/mol. The predicted molar refractivity (Wildman–Crippen MR) is 115 cm³/mol. The third kappa shape index (κ3) is 3.77. The van der Waals surface area contributed by atoms with Crippen LogP contribution in [0.2, 0.25) is 0 Å². The Bertz CT molecular complexity index is 1400. The van der Waals surface area contributed by atoms with Crippen molar-refractivity contribution in [2.24, 2.45) is 7.05 Å². The summed E-state index contributed by atoms with van der Waals surface area (Å²) in [5.74, 6) is 0.219. The Balaban J connectivity index is 1.47. The van der Waals surface area contributed by atoms with Gasteiger partial charge in [0, 0.05) is 18.3 Å². The van der Waals surface area contributed by atoms with E-state index in [4.69, 9.17) is 4.74 Å². The Labute approximate surface area is 186 Å². The van der Waals surface area contributed by atoms with Gasteiger partial charge >= 0.3 is 6.18 Å². The van der Waals surface area contributed by atoms with E-state index in [2.05, 4.69) is 15.1 Å². The van der Waals surface area contributed by atoms with Gasteiger partial charge in [-0.1, -0.05) is 6.07 Å². The molecule has 1 aromatic carbocycles. The molecular weight excluding hydrogens is 435 g/mol. The third-order valence-electron chi connectivity index (χ3n) is 5.43. The number of aryl methyl sites for hydroxylation is 2. The van der Waals surface area contributed by atoms with E-state index in [9.17, 15) is 18.0 Å². The van der Waals surface area contributed by atoms with Crippen molar-refractivity contribution in [3.8, 4) is 17.0 Å². The second-order valence-electron chi connectivity index (χ2n) is 7.75. The Kier molecular flexibility index (Phi) is 4.80. The molecule has 10 heteroatoms. The number of halogens is 3. The van der Waals surface area contributed by atoms with Gasteiger partial charge < -0.3 is 9.64 Å².